The second-order valence-corrected chi connectivity index (χ2v) is 5.50. The molecular weight excluding hydrogens is 256 g/mol. The van der Waals surface area contributed by atoms with E-state index in [1.165, 1.54) is 0 Å². The van der Waals surface area contributed by atoms with Crippen LogP contribution >= 0.6 is 0 Å². The number of aryl methyl sites for hydroxylation is 2. The summed E-state index contributed by atoms with van der Waals surface area (Å²) in [5.41, 5.74) is 0.943. The molecule has 1 aromatic rings. The van der Waals surface area contributed by atoms with Crippen molar-refractivity contribution in [1.29, 1.82) is 0 Å². The first-order valence-corrected chi connectivity index (χ1v) is 7.11. The van der Waals surface area contributed by atoms with Gasteiger partial charge in [0.25, 0.3) is 5.91 Å². The average Bonchev–Trinajstić information content (AvgIpc) is 3.22. The molecule has 20 heavy (non-hydrogen) atoms. The van der Waals surface area contributed by atoms with E-state index >= 15 is 0 Å². The quantitative estimate of drug-likeness (QED) is 0.874. The molecule has 1 aromatic heterocycles. The van der Waals surface area contributed by atoms with Crippen LogP contribution < -0.4 is 10.2 Å². The molecule has 1 saturated carbocycles. The van der Waals surface area contributed by atoms with E-state index in [2.05, 4.69) is 20.2 Å². The van der Waals surface area contributed by atoms with Gasteiger partial charge in [-0.2, -0.15) is 0 Å². The van der Waals surface area contributed by atoms with E-state index < -0.39 is 6.10 Å². The van der Waals surface area contributed by atoms with Gasteiger partial charge >= 0.3 is 0 Å². The summed E-state index contributed by atoms with van der Waals surface area (Å²) in [5, 5.41) is 2.99. The number of carbonyl (C=O) groups excluding carboxylic acids is 1. The maximum absolute atomic E-state index is 12.1. The molecule has 1 atom stereocenters. The molecule has 1 amide bonds. The van der Waals surface area contributed by atoms with Crippen LogP contribution in [-0.4, -0.2) is 47.7 Å². The summed E-state index contributed by atoms with van der Waals surface area (Å²) in [6.45, 7) is 5.69. The van der Waals surface area contributed by atoms with Gasteiger partial charge in [0.2, 0.25) is 0 Å². The number of hydrogen-bond acceptors (Lipinski definition) is 5. The number of aromatic nitrogens is 2. The lowest BCUT2D eigenvalue weighted by Crippen LogP contribution is -2.50. The number of hydrogen-bond donors (Lipinski definition) is 1. The number of nitrogens with one attached hydrogen (secondary N) is 1. The summed E-state index contributed by atoms with van der Waals surface area (Å²) in [6, 6.07) is 2.32. The van der Waals surface area contributed by atoms with Crippen molar-refractivity contribution in [2.75, 3.05) is 24.6 Å². The molecule has 0 radical (unpaired) electrons. The highest BCUT2D eigenvalue weighted by atomic mass is 16.5. The van der Waals surface area contributed by atoms with E-state index in [-0.39, 0.29) is 5.91 Å². The Labute approximate surface area is 118 Å². The predicted molar refractivity (Wildman–Crippen MR) is 74.6 cm³/mol. The van der Waals surface area contributed by atoms with Gasteiger partial charge in [-0.25, -0.2) is 9.97 Å². The molecule has 0 aromatic carbocycles. The minimum atomic E-state index is -0.403. The molecule has 1 saturated heterocycles. The number of carbonyl (C=O) groups is 1. The average molecular weight is 276 g/mol. The lowest BCUT2D eigenvalue weighted by Gasteiger charge is -2.33. The van der Waals surface area contributed by atoms with Crippen LogP contribution in [0.15, 0.2) is 6.07 Å². The van der Waals surface area contributed by atoms with Gasteiger partial charge in [0.1, 0.15) is 11.6 Å². The Kier molecular flexibility index (Phi) is 3.56. The first-order chi connectivity index (χ1) is 9.61. The van der Waals surface area contributed by atoms with Gasteiger partial charge in [-0.1, -0.05) is 0 Å². The standard InChI is InChI=1S/C14H20N4O2/c1-9-7-13(16-10(2)15-9)18-5-6-20-12(8-18)14(19)17-11-3-4-11/h7,11-12H,3-6,8H2,1-2H3,(H,17,19). The number of morpholine rings is 1. The molecule has 6 nitrogen and oxygen atoms in total. The molecule has 6 heteroatoms. The highest BCUT2D eigenvalue weighted by Crippen LogP contribution is 2.20. The third-order valence-corrected chi connectivity index (χ3v) is 3.56. The second kappa shape index (κ2) is 5.36. The van der Waals surface area contributed by atoms with Gasteiger partial charge in [-0.3, -0.25) is 4.79 Å². The van der Waals surface area contributed by atoms with Crippen LogP contribution in [0.1, 0.15) is 24.4 Å². The van der Waals surface area contributed by atoms with Crippen LogP contribution in [0.25, 0.3) is 0 Å². The van der Waals surface area contributed by atoms with Gasteiger partial charge in [0.15, 0.2) is 6.10 Å². The van der Waals surface area contributed by atoms with Gasteiger partial charge in [-0.05, 0) is 26.7 Å². The molecule has 1 N–H and O–H groups in total. The van der Waals surface area contributed by atoms with Gasteiger partial charge in [-0.15, -0.1) is 0 Å². The zero-order valence-electron chi connectivity index (χ0n) is 11.9. The zero-order chi connectivity index (χ0) is 14.1. The Morgan fingerprint density at radius 1 is 1.40 bits per heavy atom. The number of nitrogens with zero attached hydrogens (tertiary/aromatic N) is 3. The molecule has 3 rings (SSSR count). The zero-order valence-corrected chi connectivity index (χ0v) is 11.9. The van der Waals surface area contributed by atoms with Gasteiger partial charge < -0.3 is 15.0 Å². The number of rotatable bonds is 3. The molecule has 2 heterocycles. The molecule has 0 bridgehead atoms. The van der Waals surface area contributed by atoms with Crippen LogP contribution in [0.5, 0.6) is 0 Å². The summed E-state index contributed by atoms with van der Waals surface area (Å²) in [4.78, 5) is 22.9. The lowest BCUT2D eigenvalue weighted by atomic mass is 10.2. The van der Waals surface area contributed by atoms with Crippen molar-refractivity contribution in [3.8, 4) is 0 Å². The van der Waals surface area contributed by atoms with Crippen LogP contribution in [0, 0.1) is 13.8 Å². The van der Waals surface area contributed by atoms with E-state index in [0.717, 1.165) is 36.7 Å². The number of amides is 1. The van der Waals surface area contributed by atoms with Crippen molar-refractivity contribution in [3.63, 3.8) is 0 Å². The third kappa shape index (κ3) is 3.07. The SMILES string of the molecule is Cc1cc(N2CCOC(C(=O)NC3CC3)C2)nc(C)n1. The topological polar surface area (TPSA) is 67.3 Å². The molecule has 0 spiro atoms. The number of ether oxygens (including phenoxy) is 1. The Bertz CT molecular complexity index is 496. The Hall–Kier alpha value is -1.69. The van der Waals surface area contributed by atoms with E-state index in [9.17, 15) is 4.79 Å². The fraction of sp³-hybridized carbons (Fsp3) is 0.643. The monoisotopic (exact) mass is 276 g/mol. The van der Waals surface area contributed by atoms with Crippen LogP contribution in [-0.2, 0) is 9.53 Å². The molecule has 1 aliphatic carbocycles. The summed E-state index contributed by atoms with van der Waals surface area (Å²) < 4.78 is 5.58. The summed E-state index contributed by atoms with van der Waals surface area (Å²) in [5.74, 6) is 1.63. The summed E-state index contributed by atoms with van der Waals surface area (Å²) in [7, 11) is 0. The minimum Gasteiger partial charge on any atom is -0.365 e. The molecule has 1 unspecified atom stereocenters. The minimum absolute atomic E-state index is 0.000278. The Balaban J connectivity index is 1.68. The molecule has 108 valence electrons. The maximum Gasteiger partial charge on any atom is 0.251 e. The Morgan fingerprint density at radius 2 is 2.20 bits per heavy atom. The fourth-order valence-electron chi connectivity index (χ4n) is 2.40. The largest absolute Gasteiger partial charge is 0.365 e. The number of anilines is 1. The first-order valence-electron chi connectivity index (χ1n) is 7.11. The second-order valence-electron chi connectivity index (χ2n) is 5.50. The van der Waals surface area contributed by atoms with Gasteiger partial charge in [0, 0.05) is 24.3 Å². The van der Waals surface area contributed by atoms with E-state index in [0.29, 0.717) is 19.2 Å². The van der Waals surface area contributed by atoms with Crippen molar-refractivity contribution in [2.24, 2.45) is 0 Å². The lowest BCUT2D eigenvalue weighted by molar-refractivity contribution is -0.133. The summed E-state index contributed by atoms with van der Waals surface area (Å²) in [6.07, 6.45) is 1.78. The van der Waals surface area contributed by atoms with Crippen LogP contribution in [0.3, 0.4) is 0 Å². The summed E-state index contributed by atoms with van der Waals surface area (Å²) >= 11 is 0. The normalized spacial score (nSPS) is 22.7. The van der Waals surface area contributed by atoms with Crippen molar-refractivity contribution in [3.05, 3.63) is 17.6 Å². The molecule has 2 fully saturated rings. The fourth-order valence-corrected chi connectivity index (χ4v) is 2.40. The smallest absolute Gasteiger partial charge is 0.251 e. The molecule has 2 aliphatic rings. The van der Waals surface area contributed by atoms with Crippen LogP contribution in [0.2, 0.25) is 0 Å². The van der Waals surface area contributed by atoms with Crippen molar-refractivity contribution < 1.29 is 9.53 Å². The van der Waals surface area contributed by atoms with Crippen LogP contribution in [0.4, 0.5) is 5.82 Å². The maximum atomic E-state index is 12.1. The highest BCUT2D eigenvalue weighted by molar-refractivity contribution is 5.82. The van der Waals surface area contributed by atoms with E-state index in [4.69, 9.17) is 4.74 Å². The van der Waals surface area contributed by atoms with E-state index in [1.807, 2.05) is 19.9 Å². The Morgan fingerprint density at radius 3 is 2.90 bits per heavy atom. The highest BCUT2D eigenvalue weighted by Gasteiger charge is 2.31. The van der Waals surface area contributed by atoms with E-state index in [1.54, 1.807) is 0 Å². The molecule has 1 aliphatic heterocycles. The third-order valence-electron chi connectivity index (χ3n) is 3.56. The van der Waals surface area contributed by atoms with Crippen molar-refractivity contribution in [2.45, 2.75) is 38.8 Å². The van der Waals surface area contributed by atoms with Crippen molar-refractivity contribution >= 4 is 11.7 Å². The van der Waals surface area contributed by atoms with Crippen molar-refractivity contribution in [1.82, 2.24) is 15.3 Å². The molecular formula is C14H20N4O2. The predicted octanol–water partition coefficient (Wildman–Crippen LogP) is 0.577. The first kappa shape index (κ1) is 13.3. The van der Waals surface area contributed by atoms with Gasteiger partial charge in [0.05, 0.1) is 13.2 Å².